The average Bonchev–Trinajstić information content (AvgIpc) is 3.09. The van der Waals surface area contributed by atoms with Crippen molar-refractivity contribution in [3.8, 4) is 0 Å². The zero-order valence-electron chi connectivity index (χ0n) is 20.4. The van der Waals surface area contributed by atoms with Crippen LogP contribution in [0.1, 0.15) is 17.5 Å². The third-order valence-electron chi connectivity index (χ3n) is 6.19. The summed E-state index contributed by atoms with van der Waals surface area (Å²) in [6, 6.07) is 15.4. The van der Waals surface area contributed by atoms with Crippen LogP contribution in [0.4, 0.5) is 5.69 Å². The van der Waals surface area contributed by atoms with Gasteiger partial charge in [0.1, 0.15) is 11.5 Å². The van der Waals surface area contributed by atoms with Crippen LogP contribution < -0.4 is 5.43 Å². The lowest BCUT2D eigenvalue weighted by atomic mass is 10.0. The minimum Gasteiger partial charge on any atom is -0.464 e. The number of hydrogen-bond acceptors (Lipinski definition) is 9. The number of ether oxygens (including phenoxy) is 1. The Kier molecular flexibility index (Phi) is 9.18. The zero-order valence-corrected chi connectivity index (χ0v) is 21.1. The summed E-state index contributed by atoms with van der Waals surface area (Å²) in [7, 11) is 1.35. The molecule has 1 saturated heterocycles. The summed E-state index contributed by atoms with van der Waals surface area (Å²) in [4.78, 5) is 26.4. The molecule has 2 N–H and O–H groups in total. The predicted molar refractivity (Wildman–Crippen MR) is 143 cm³/mol. The first-order chi connectivity index (χ1) is 17.6. The minimum absolute atomic E-state index is 0.170. The molecule has 0 amide bonds. The highest BCUT2D eigenvalue weighted by atomic mass is 35.5. The van der Waals surface area contributed by atoms with Gasteiger partial charge in [0.15, 0.2) is 0 Å². The molecule has 9 nitrogen and oxygen atoms in total. The number of aliphatic hydroxyl groups is 1. The van der Waals surface area contributed by atoms with E-state index in [1.807, 2.05) is 42.5 Å². The molecule has 0 aliphatic carbocycles. The fraction of sp³-hybridized carbons (Fsp3) is 0.385. The molecule has 0 aromatic heterocycles. The number of halogens is 1. The van der Waals surface area contributed by atoms with Crippen LogP contribution in [0.25, 0.3) is 0 Å². The number of methoxy groups -OCH3 is 1. The van der Waals surface area contributed by atoms with Crippen molar-refractivity contribution in [2.45, 2.75) is 6.42 Å². The molecule has 4 rings (SSSR count). The van der Waals surface area contributed by atoms with Crippen LogP contribution in [0.15, 0.2) is 63.6 Å². The van der Waals surface area contributed by atoms with E-state index in [0.717, 1.165) is 48.7 Å². The highest BCUT2D eigenvalue weighted by molar-refractivity contribution is 6.36. The Morgan fingerprint density at radius 3 is 2.53 bits per heavy atom. The number of amidine groups is 1. The van der Waals surface area contributed by atoms with E-state index in [4.69, 9.17) is 31.4 Å². The summed E-state index contributed by atoms with van der Waals surface area (Å²) in [6.07, 6.45) is 0.442. The molecule has 190 valence electrons. The quantitative estimate of drug-likeness (QED) is 0.321. The third kappa shape index (κ3) is 6.76. The van der Waals surface area contributed by atoms with Gasteiger partial charge in [0.2, 0.25) is 0 Å². The second-order valence-corrected chi connectivity index (χ2v) is 9.01. The Hall–Kier alpha value is -3.11. The number of aliphatic hydroxyl groups excluding tert-OH is 1. The average molecular weight is 511 g/mol. The number of β-amino-alcohol motifs (C(OH)–C–C–N with tert-alkyl or cyclic N) is 1. The lowest BCUT2D eigenvalue weighted by Crippen LogP contribution is -2.47. The Balaban J connectivity index is 1.48. The van der Waals surface area contributed by atoms with Crippen molar-refractivity contribution in [2.75, 3.05) is 59.5 Å². The van der Waals surface area contributed by atoms with Gasteiger partial charge in [-0.1, -0.05) is 41.9 Å². The number of rotatable bonds is 8. The van der Waals surface area contributed by atoms with Gasteiger partial charge in [-0.05, 0) is 18.2 Å². The summed E-state index contributed by atoms with van der Waals surface area (Å²) in [5, 5.41) is 14.1. The van der Waals surface area contributed by atoms with E-state index in [2.05, 4.69) is 20.3 Å². The molecular weight excluding hydrogens is 480 g/mol. The SMILES string of the molecule is COC(=O)C(CCN1CCN(CCO)CC1)=NNC1=Nc2ccc(Cl)cc2C(c2ccccc2)=NC1. The topological polar surface area (TPSA) is 102 Å². The molecule has 2 aliphatic rings. The normalized spacial score (nSPS) is 17.0. The minimum atomic E-state index is -0.476. The molecule has 0 atom stereocenters. The van der Waals surface area contributed by atoms with Crippen LogP contribution in [0.5, 0.6) is 0 Å². The Morgan fingerprint density at radius 1 is 1.11 bits per heavy atom. The molecule has 2 aromatic carbocycles. The van der Waals surface area contributed by atoms with Crippen LogP contribution >= 0.6 is 11.6 Å². The first-order valence-corrected chi connectivity index (χ1v) is 12.4. The molecule has 0 saturated carbocycles. The summed E-state index contributed by atoms with van der Waals surface area (Å²) in [5.74, 6) is 0.0415. The van der Waals surface area contributed by atoms with E-state index >= 15 is 0 Å². The number of nitrogens with one attached hydrogen (secondary N) is 1. The summed E-state index contributed by atoms with van der Waals surface area (Å²) >= 11 is 6.29. The summed E-state index contributed by atoms with van der Waals surface area (Å²) in [6.45, 7) is 5.36. The number of aliphatic imine (C=N–C) groups is 2. The van der Waals surface area contributed by atoms with Crippen molar-refractivity contribution in [1.29, 1.82) is 0 Å². The van der Waals surface area contributed by atoms with Gasteiger partial charge in [0, 0.05) is 61.8 Å². The van der Waals surface area contributed by atoms with Crippen LogP contribution in [0, 0.1) is 0 Å². The maximum atomic E-state index is 12.4. The smallest absolute Gasteiger partial charge is 0.354 e. The molecule has 0 unspecified atom stereocenters. The maximum absolute atomic E-state index is 12.4. The van der Waals surface area contributed by atoms with Gasteiger partial charge in [0.05, 0.1) is 31.7 Å². The number of carbonyl (C=O) groups is 1. The lowest BCUT2D eigenvalue weighted by molar-refractivity contribution is -0.132. The van der Waals surface area contributed by atoms with Gasteiger partial charge in [-0.25, -0.2) is 9.79 Å². The van der Waals surface area contributed by atoms with Crippen LogP contribution in [-0.4, -0.2) is 97.7 Å². The molecule has 0 radical (unpaired) electrons. The third-order valence-corrected chi connectivity index (χ3v) is 6.43. The highest BCUT2D eigenvalue weighted by Crippen LogP contribution is 2.28. The predicted octanol–water partition coefficient (Wildman–Crippen LogP) is 2.34. The van der Waals surface area contributed by atoms with Gasteiger partial charge in [0.25, 0.3) is 0 Å². The van der Waals surface area contributed by atoms with E-state index < -0.39 is 5.97 Å². The van der Waals surface area contributed by atoms with Crippen LogP contribution in [0.3, 0.4) is 0 Å². The second-order valence-electron chi connectivity index (χ2n) is 8.57. The number of piperazine rings is 1. The first kappa shape index (κ1) is 26.0. The Bertz CT molecular complexity index is 1140. The molecule has 2 aliphatic heterocycles. The van der Waals surface area contributed by atoms with Crippen molar-refractivity contribution >= 4 is 40.5 Å². The second kappa shape index (κ2) is 12.7. The fourth-order valence-corrected chi connectivity index (χ4v) is 4.39. The van der Waals surface area contributed by atoms with Crippen molar-refractivity contribution in [1.82, 2.24) is 15.2 Å². The number of hydrogen-bond donors (Lipinski definition) is 2. The number of hydrazone groups is 1. The van der Waals surface area contributed by atoms with Crippen molar-refractivity contribution in [2.24, 2.45) is 15.1 Å². The van der Waals surface area contributed by atoms with Crippen molar-refractivity contribution in [3.05, 3.63) is 64.7 Å². The lowest BCUT2D eigenvalue weighted by Gasteiger charge is -2.34. The van der Waals surface area contributed by atoms with E-state index in [9.17, 15) is 4.79 Å². The Morgan fingerprint density at radius 2 is 1.83 bits per heavy atom. The van der Waals surface area contributed by atoms with Crippen molar-refractivity contribution in [3.63, 3.8) is 0 Å². The highest BCUT2D eigenvalue weighted by Gasteiger charge is 2.20. The molecule has 10 heteroatoms. The Labute approximate surface area is 216 Å². The van der Waals surface area contributed by atoms with Crippen LogP contribution in [0.2, 0.25) is 5.02 Å². The van der Waals surface area contributed by atoms with E-state index in [1.54, 1.807) is 6.07 Å². The van der Waals surface area contributed by atoms with E-state index in [1.165, 1.54) is 7.11 Å². The zero-order chi connectivity index (χ0) is 25.3. The van der Waals surface area contributed by atoms with Gasteiger partial charge in [-0.15, -0.1) is 0 Å². The molecule has 0 bridgehead atoms. The first-order valence-electron chi connectivity index (χ1n) is 12.0. The maximum Gasteiger partial charge on any atom is 0.354 e. The van der Waals surface area contributed by atoms with E-state index in [0.29, 0.717) is 36.1 Å². The number of fused-ring (bicyclic) bond motifs is 1. The largest absolute Gasteiger partial charge is 0.464 e. The molecule has 36 heavy (non-hydrogen) atoms. The number of carbonyl (C=O) groups excluding carboxylic acids is 1. The van der Waals surface area contributed by atoms with Gasteiger partial charge in [-0.2, -0.15) is 5.10 Å². The number of nitrogens with zero attached hydrogens (tertiary/aromatic N) is 5. The standard InChI is InChI=1S/C26H31ClN6O3/c1-36-26(35)23(9-10-32-11-13-33(14-12-32)15-16-34)30-31-24-18-28-25(19-5-3-2-4-6-19)21-17-20(27)7-8-22(21)29-24/h2-8,17,34H,9-16,18H2,1H3,(H,29,31). The van der Waals surface area contributed by atoms with Gasteiger partial charge in [-0.3, -0.25) is 15.3 Å². The van der Waals surface area contributed by atoms with E-state index in [-0.39, 0.29) is 13.2 Å². The fourth-order valence-electron chi connectivity index (χ4n) is 4.21. The van der Waals surface area contributed by atoms with Gasteiger partial charge < -0.3 is 14.7 Å². The number of benzene rings is 2. The van der Waals surface area contributed by atoms with Gasteiger partial charge >= 0.3 is 5.97 Å². The monoisotopic (exact) mass is 510 g/mol. The molecule has 2 aromatic rings. The molecule has 2 heterocycles. The molecule has 0 spiro atoms. The van der Waals surface area contributed by atoms with Crippen LogP contribution in [-0.2, 0) is 9.53 Å². The van der Waals surface area contributed by atoms with Crippen molar-refractivity contribution < 1.29 is 14.6 Å². The number of esters is 1. The molecule has 1 fully saturated rings. The summed E-state index contributed by atoms with van der Waals surface area (Å²) in [5.41, 5.74) is 6.58. The summed E-state index contributed by atoms with van der Waals surface area (Å²) < 4.78 is 4.96. The molecular formula is C26H31ClN6O3.